The van der Waals surface area contributed by atoms with E-state index in [2.05, 4.69) is 10.3 Å². The van der Waals surface area contributed by atoms with Gasteiger partial charge in [-0.2, -0.15) is 0 Å². The van der Waals surface area contributed by atoms with Crippen LogP contribution in [0.2, 0.25) is 0 Å². The molecule has 186 valence electrons. The number of para-hydroxylation sites is 1. The van der Waals surface area contributed by atoms with Gasteiger partial charge in [0, 0.05) is 28.7 Å². The average Bonchev–Trinajstić information content (AvgIpc) is 2.93. The molecule has 0 bridgehead atoms. The molecule has 0 spiro atoms. The number of methoxy groups -OCH3 is 3. The fourth-order valence-corrected chi connectivity index (χ4v) is 4.11. The third-order valence-corrected chi connectivity index (χ3v) is 5.95. The largest absolute Gasteiger partial charge is 0.496 e. The van der Waals surface area contributed by atoms with Crippen LogP contribution in [0.25, 0.3) is 21.7 Å². The van der Waals surface area contributed by atoms with Crippen LogP contribution in [0.4, 0.5) is 10.1 Å². The minimum absolute atomic E-state index is 0.0561. The van der Waals surface area contributed by atoms with Crippen molar-refractivity contribution in [2.45, 2.75) is 0 Å². The minimum atomic E-state index is -0.523. The van der Waals surface area contributed by atoms with Gasteiger partial charge in [0.25, 0.3) is 5.91 Å². The van der Waals surface area contributed by atoms with E-state index in [4.69, 9.17) is 18.9 Å². The SMILES string of the molecule is COc1cc2nccc(Oc3ccc4cc(NC(=O)c5ccccc5OC)ccc4c3F)c2cc1OC. The van der Waals surface area contributed by atoms with Crippen LogP contribution in [-0.4, -0.2) is 32.2 Å². The summed E-state index contributed by atoms with van der Waals surface area (Å²) in [5.41, 5.74) is 1.54. The molecule has 0 saturated carbocycles. The number of fused-ring (bicyclic) bond motifs is 2. The van der Waals surface area contributed by atoms with Crippen LogP contribution >= 0.6 is 0 Å². The summed E-state index contributed by atoms with van der Waals surface area (Å²) in [6.45, 7) is 0. The number of halogens is 1. The van der Waals surface area contributed by atoms with Gasteiger partial charge in [-0.1, -0.05) is 18.2 Å². The van der Waals surface area contributed by atoms with Gasteiger partial charge in [0.05, 0.1) is 32.4 Å². The van der Waals surface area contributed by atoms with Gasteiger partial charge < -0.3 is 24.3 Å². The molecule has 1 N–H and O–H groups in total. The molecule has 0 radical (unpaired) electrons. The molecule has 0 aliphatic carbocycles. The molecule has 1 aromatic heterocycles. The first kappa shape index (κ1) is 23.9. The number of nitrogens with one attached hydrogen (secondary N) is 1. The fraction of sp³-hybridized carbons (Fsp3) is 0.103. The van der Waals surface area contributed by atoms with Crippen molar-refractivity contribution in [3.8, 4) is 28.7 Å². The molecule has 0 atom stereocenters. The van der Waals surface area contributed by atoms with E-state index in [-0.39, 0.29) is 11.7 Å². The van der Waals surface area contributed by atoms with Crippen molar-refractivity contribution in [1.29, 1.82) is 0 Å². The molecule has 0 aliphatic heterocycles. The standard InChI is InChI=1S/C29H23FN2O5/c1-34-23-7-5-4-6-20(23)29(33)32-18-9-10-19-17(14-18)8-11-25(28(19)30)37-24-12-13-31-22-16-27(36-3)26(35-2)15-21(22)24/h4-16H,1-3H3,(H,32,33). The van der Waals surface area contributed by atoms with E-state index < -0.39 is 5.82 Å². The summed E-state index contributed by atoms with van der Waals surface area (Å²) in [4.78, 5) is 17.1. The molecular weight excluding hydrogens is 475 g/mol. The number of carbonyl (C=O) groups is 1. The highest BCUT2D eigenvalue weighted by Gasteiger charge is 2.16. The van der Waals surface area contributed by atoms with Crippen LogP contribution in [0.3, 0.4) is 0 Å². The molecule has 0 unspecified atom stereocenters. The molecule has 37 heavy (non-hydrogen) atoms. The number of nitrogens with zero attached hydrogens (tertiary/aromatic N) is 1. The number of pyridine rings is 1. The number of carbonyl (C=O) groups excluding carboxylic acids is 1. The van der Waals surface area contributed by atoms with Crippen molar-refractivity contribution in [3.05, 3.63) is 90.4 Å². The van der Waals surface area contributed by atoms with Gasteiger partial charge in [0.1, 0.15) is 11.5 Å². The maximum Gasteiger partial charge on any atom is 0.259 e. The summed E-state index contributed by atoms with van der Waals surface area (Å²) in [6.07, 6.45) is 1.58. The first-order valence-electron chi connectivity index (χ1n) is 11.4. The molecule has 1 heterocycles. The van der Waals surface area contributed by atoms with Gasteiger partial charge in [-0.05, 0) is 53.9 Å². The van der Waals surface area contributed by atoms with Crippen LogP contribution < -0.4 is 24.3 Å². The monoisotopic (exact) mass is 498 g/mol. The zero-order chi connectivity index (χ0) is 25.9. The van der Waals surface area contributed by atoms with Gasteiger partial charge in [-0.15, -0.1) is 0 Å². The zero-order valence-corrected chi connectivity index (χ0v) is 20.4. The van der Waals surface area contributed by atoms with Crippen molar-refractivity contribution in [2.75, 3.05) is 26.6 Å². The first-order chi connectivity index (χ1) is 18.0. The predicted molar refractivity (Wildman–Crippen MR) is 140 cm³/mol. The van der Waals surface area contributed by atoms with E-state index in [9.17, 15) is 4.79 Å². The topological polar surface area (TPSA) is 78.9 Å². The van der Waals surface area contributed by atoms with Crippen LogP contribution in [0.15, 0.2) is 79.0 Å². The first-order valence-corrected chi connectivity index (χ1v) is 11.4. The molecule has 5 aromatic rings. The number of ether oxygens (including phenoxy) is 4. The van der Waals surface area contributed by atoms with Crippen LogP contribution in [0, 0.1) is 5.82 Å². The molecule has 1 amide bonds. The third kappa shape index (κ3) is 4.56. The maximum atomic E-state index is 15.5. The number of rotatable bonds is 7. The van der Waals surface area contributed by atoms with Crippen LogP contribution in [-0.2, 0) is 0 Å². The highest BCUT2D eigenvalue weighted by atomic mass is 19.1. The number of aromatic nitrogens is 1. The molecule has 0 fully saturated rings. The average molecular weight is 499 g/mol. The highest BCUT2D eigenvalue weighted by Crippen LogP contribution is 2.38. The lowest BCUT2D eigenvalue weighted by Gasteiger charge is -2.14. The minimum Gasteiger partial charge on any atom is -0.496 e. The zero-order valence-electron chi connectivity index (χ0n) is 20.4. The summed E-state index contributed by atoms with van der Waals surface area (Å²) in [5.74, 6) is 1.14. The summed E-state index contributed by atoms with van der Waals surface area (Å²) in [6, 6.07) is 20.3. The Balaban J connectivity index is 1.45. The Morgan fingerprint density at radius 2 is 1.51 bits per heavy atom. The number of amides is 1. The number of hydrogen-bond acceptors (Lipinski definition) is 6. The van der Waals surface area contributed by atoms with Crippen molar-refractivity contribution in [3.63, 3.8) is 0 Å². The van der Waals surface area contributed by atoms with Gasteiger partial charge in [-0.3, -0.25) is 9.78 Å². The van der Waals surface area contributed by atoms with Crippen LogP contribution in [0.5, 0.6) is 28.7 Å². The molecule has 5 rings (SSSR count). The summed E-state index contributed by atoms with van der Waals surface area (Å²) in [5, 5.41) is 4.44. The normalized spacial score (nSPS) is 10.8. The Bertz CT molecular complexity index is 1640. The van der Waals surface area contributed by atoms with E-state index in [1.54, 1.807) is 86.1 Å². The Kier molecular flexibility index (Phi) is 6.47. The molecule has 4 aromatic carbocycles. The summed E-state index contributed by atoms with van der Waals surface area (Å²) in [7, 11) is 4.59. The lowest BCUT2D eigenvalue weighted by molar-refractivity contribution is 0.102. The van der Waals surface area contributed by atoms with Crippen LogP contribution in [0.1, 0.15) is 10.4 Å². The van der Waals surface area contributed by atoms with E-state index in [1.165, 1.54) is 14.2 Å². The van der Waals surface area contributed by atoms with Gasteiger partial charge >= 0.3 is 0 Å². The molecule has 7 nitrogen and oxygen atoms in total. The van der Waals surface area contributed by atoms with E-state index in [0.29, 0.717) is 55.9 Å². The Hall–Kier alpha value is -4.85. The van der Waals surface area contributed by atoms with Gasteiger partial charge in [0.2, 0.25) is 0 Å². The Labute approximate surface area is 212 Å². The molecular formula is C29H23FN2O5. The Morgan fingerprint density at radius 1 is 0.757 bits per heavy atom. The van der Waals surface area contributed by atoms with Crippen molar-refractivity contribution >= 4 is 33.3 Å². The summed E-state index contributed by atoms with van der Waals surface area (Å²) >= 11 is 0. The van der Waals surface area contributed by atoms with E-state index in [0.717, 1.165) is 0 Å². The lowest BCUT2D eigenvalue weighted by atomic mass is 10.1. The van der Waals surface area contributed by atoms with Crippen molar-refractivity contribution < 1.29 is 28.1 Å². The second-order valence-corrected chi connectivity index (χ2v) is 8.10. The molecule has 8 heteroatoms. The van der Waals surface area contributed by atoms with Gasteiger partial charge in [0.15, 0.2) is 23.1 Å². The Morgan fingerprint density at radius 3 is 2.30 bits per heavy atom. The van der Waals surface area contributed by atoms with Crippen molar-refractivity contribution in [1.82, 2.24) is 4.98 Å². The highest BCUT2D eigenvalue weighted by molar-refractivity contribution is 6.07. The third-order valence-electron chi connectivity index (χ3n) is 5.95. The number of anilines is 1. The summed E-state index contributed by atoms with van der Waals surface area (Å²) < 4.78 is 37.5. The molecule has 0 saturated heterocycles. The van der Waals surface area contributed by atoms with E-state index in [1.807, 2.05) is 0 Å². The van der Waals surface area contributed by atoms with Gasteiger partial charge in [-0.25, -0.2) is 4.39 Å². The van der Waals surface area contributed by atoms with Crippen molar-refractivity contribution in [2.24, 2.45) is 0 Å². The smallest absolute Gasteiger partial charge is 0.259 e. The predicted octanol–water partition coefficient (Wildman–Crippen LogP) is 6.60. The number of hydrogen-bond donors (Lipinski definition) is 1. The number of benzene rings is 4. The molecule has 0 aliphatic rings. The fourth-order valence-electron chi connectivity index (χ4n) is 4.11. The lowest BCUT2D eigenvalue weighted by Crippen LogP contribution is -2.13. The van der Waals surface area contributed by atoms with E-state index >= 15 is 4.39 Å². The quantitative estimate of drug-likeness (QED) is 0.272. The maximum absolute atomic E-state index is 15.5. The second-order valence-electron chi connectivity index (χ2n) is 8.10. The second kappa shape index (κ2) is 10.0.